The van der Waals surface area contributed by atoms with Crippen molar-refractivity contribution in [1.82, 2.24) is 10.2 Å². The maximum absolute atomic E-state index is 14.5. The van der Waals surface area contributed by atoms with Crippen LogP contribution < -0.4 is 14.4 Å². The van der Waals surface area contributed by atoms with Crippen LogP contribution >= 0.6 is 0 Å². The molecule has 242 valence electrons. The van der Waals surface area contributed by atoms with Crippen LogP contribution in [0.2, 0.25) is 0 Å². The van der Waals surface area contributed by atoms with E-state index in [1.807, 2.05) is 89.2 Å². The first-order valence-corrected chi connectivity index (χ1v) is 16.9. The highest BCUT2D eigenvalue weighted by atomic mass is 32.2. The summed E-state index contributed by atoms with van der Waals surface area (Å²) in [6.45, 7) is 9.51. The maximum atomic E-state index is 14.5. The molecule has 0 heterocycles. The molecule has 4 aromatic carbocycles. The van der Waals surface area contributed by atoms with Gasteiger partial charge in [-0.1, -0.05) is 77.9 Å². The third-order valence-corrected chi connectivity index (χ3v) is 9.29. The Bertz CT molecular complexity index is 1690. The van der Waals surface area contributed by atoms with E-state index >= 15 is 0 Å². The Morgan fingerprint density at radius 1 is 0.783 bits per heavy atom. The van der Waals surface area contributed by atoms with Crippen LogP contribution in [0.5, 0.6) is 5.75 Å². The lowest BCUT2D eigenvalue weighted by Gasteiger charge is -2.34. The summed E-state index contributed by atoms with van der Waals surface area (Å²) in [6.07, 6.45) is 0.255. The third kappa shape index (κ3) is 8.97. The standard InChI is InChI=1S/C37H43N3O5S/c1-6-45-33-20-18-32(19-21-33)40(46(43,44)34-22-14-29(5)15-23-34)26-36(41)39(25-31-16-12-28(4)13-17-31)35(37(42)38-27(2)3)24-30-10-8-7-9-11-30/h7-23,27,35H,6,24-26H2,1-5H3,(H,38,42). The van der Waals surface area contributed by atoms with E-state index in [2.05, 4.69) is 5.32 Å². The molecular formula is C37H43N3O5S. The Morgan fingerprint density at radius 2 is 1.37 bits per heavy atom. The second kappa shape index (κ2) is 15.6. The highest BCUT2D eigenvalue weighted by Gasteiger charge is 2.34. The molecular weight excluding hydrogens is 598 g/mol. The van der Waals surface area contributed by atoms with Crippen LogP contribution in [0.3, 0.4) is 0 Å². The van der Waals surface area contributed by atoms with Gasteiger partial charge in [-0.3, -0.25) is 13.9 Å². The van der Waals surface area contributed by atoms with Gasteiger partial charge in [-0.05, 0) is 82.1 Å². The SMILES string of the molecule is CCOc1ccc(N(CC(=O)N(Cc2ccc(C)cc2)C(Cc2ccccc2)C(=O)NC(C)C)S(=O)(=O)c2ccc(C)cc2)cc1. The minimum absolute atomic E-state index is 0.0586. The molecule has 4 rings (SSSR count). The van der Waals surface area contributed by atoms with E-state index in [4.69, 9.17) is 4.74 Å². The van der Waals surface area contributed by atoms with Crippen molar-refractivity contribution < 1.29 is 22.7 Å². The van der Waals surface area contributed by atoms with Gasteiger partial charge in [0.2, 0.25) is 11.8 Å². The number of rotatable bonds is 14. The van der Waals surface area contributed by atoms with E-state index in [1.54, 1.807) is 36.4 Å². The first-order chi connectivity index (χ1) is 22.0. The van der Waals surface area contributed by atoms with E-state index in [9.17, 15) is 18.0 Å². The lowest BCUT2D eigenvalue weighted by molar-refractivity contribution is -0.140. The number of aryl methyl sites for hydroxylation is 2. The molecule has 0 radical (unpaired) electrons. The van der Waals surface area contributed by atoms with Crippen molar-refractivity contribution in [2.75, 3.05) is 17.5 Å². The lowest BCUT2D eigenvalue weighted by Crippen LogP contribution is -2.54. The lowest BCUT2D eigenvalue weighted by atomic mass is 10.0. The molecule has 0 fully saturated rings. The number of anilines is 1. The molecule has 46 heavy (non-hydrogen) atoms. The van der Waals surface area contributed by atoms with Gasteiger partial charge >= 0.3 is 0 Å². The highest BCUT2D eigenvalue weighted by Crippen LogP contribution is 2.27. The van der Waals surface area contributed by atoms with Gasteiger partial charge in [0.25, 0.3) is 10.0 Å². The van der Waals surface area contributed by atoms with E-state index in [0.29, 0.717) is 18.0 Å². The summed E-state index contributed by atoms with van der Waals surface area (Å²) in [4.78, 5) is 29.9. The molecule has 4 aromatic rings. The molecule has 1 unspecified atom stereocenters. The van der Waals surface area contributed by atoms with E-state index < -0.39 is 28.5 Å². The Morgan fingerprint density at radius 3 is 1.93 bits per heavy atom. The summed E-state index contributed by atoms with van der Waals surface area (Å²) in [5, 5.41) is 2.98. The minimum atomic E-state index is -4.18. The molecule has 0 saturated carbocycles. The van der Waals surface area contributed by atoms with Crippen molar-refractivity contribution in [1.29, 1.82) is 0 Å². The largest absolute Gasteiger partial charge is 0.494 e. The first kappa shape index (κ1) is 34.2. The van der Waals surface area contributed by atoms with Gasteiger partial charge in [-0.25, -0.2) is 8.42 Å². The smallest absolute Gasteiger partial charge is 0.264 e. The number of hydrogen-bond donors (Lipinski definition) is 1. The van der Waals surface area contributed by atoms with Crippen molar-refractivity contribution in [3.63, 3.8) is 0 Å². The average molecular weight is 642 g/mol. The van der Waals surface area contributed by atoms with Crippen LogP contribution in [0, 0.1) is 13.8 Å². The van der Waals surface area contributed by atoms with Gasteiger partial charge in [-0.2, -0.15) is 0 Å². The van der Waals surface area contributed by atoms with Gasteiger partial charge in [0.15, 0.2) is 0 Å². The molecule has 0 aliphatic carbocycles. The zero-order valence-electron chi connectivity index (χ0n) is 27.1. The molecule has 1 atom stereocenters. The number of benzene rings is 4. The van der Waals surface area contributed by atoms with Crippen molar-refractivity contribution in [2.45, 2.75) is 64.6 Å². The maximum Gasteiger partial charge on any atom is 0.264 e. The van der Waals surface area contributed by atoms with Crippen molar-refractivity contribution in [2.24, 2.45) is 0 Å². The molecule has 9 heteroatoms. The summed E-state index contributed by atoms with van der Waals surface area (Å²) >= 11 is 0. The van der Waals surface area contributed by atoms with Gasteiger partial charge < -0.3 is 15.0 Å². The van der Waals surface area contributed by atoms with Gasteiger partial charge in [0, 0.05) is 19.0 Å². The average Bonchev–Trinajstić information content (AvgIpc) is 3.03. The van der Waals surface area contributed by atoms with Crippen LogP contribution in [-0.4, -0.2) is 50.4 Å². The van der Waals surface area contributed by atoms with E-state index in [1.165, 1.54) is 17.0 Å². The van der Waals surface area contributed by atoms with Crippen LogP contribution in [0.4, 0.5) is 5.69 Å². The van der Waals surface area contributed by atoms with Gasteiger partial charge in [0.05, 0.1) is 17.2 Å². The number of ether oxygens (including phenoxy) is 1. The monoisotopic (exact) mass is 641 g/mol. The summed E-state index contributed by atoms with van der Waals surface area (Å²) in [6, 6.07) is 29.3. The Balaban J connectivity index is 1.80. The molecule has 0 aliphatic heterocycles. The Labute approximate surface area is 273 Å². The predicted octanol–water partition coefficient (Wildman–Crippen LogP) is 6.06. The molecule has 1 N–H and O–H groups in total. The highest BCUT2D eigenvalue weighted by molar-refractivity contribution is 7.92. The fourth-order valence-corrected chi connectivity index (χ4v) is 6.48. The summed E-state index contributed by atoms with van der Waals surface area (Å²) in [5.41, 5.74) is 3.98. The molecule has 0 aromatic heterocycles. The normalized spacial score (nSPS) is 12.0. The second-order valence-corrected chi connectivity index (χ2v) is 13.5. The molecule has 0 bridgehead atoms. The number of nitrogens with zero attached hydrogens (tertiary/aromatic N) is 2. The molecule has 2 amide bonds. The van der Waals surface area contributed by atoms with Crippen molar-refractivity contribution in [3.05, 3.63) is 125 Å². The van der Waals surface area contributed by atoms with Gasteiger partial charge in [0.1, 0.15) is 18.3 Å². The minimum Gasteiger partial charge on any atom is -0.494 e. The number of hydrogen-bond acceptors (Lipinski definition) is 5. The molecule has 0 aliphatic rings. The van der Waals surface area contributed by atoms with Crippen LogP contribution in [0.15, 0.2) is 108 Å². The van der Waals surface area contributed by atoms with Crippen molar-refractivity contribution >= 4 is 27.5 Å². The molecule has 8 nitrogen and oxygen atoms in total. The molecule has 0 saturated heterocycles. The second-order valence-electron chi connectivity index (χ2n) is 11.6. The fourth-order valence-electron chi connectivity index (χ4n) is 5.07. The number of nitrogens with one attached hydrogen (secondary N) is 1. The summed E-state index contributed by atoms with van der Waals surface area (Å²) < 4.78 is 35.1. The Hall–Kier alpha value is -4.63. The van der Waals surface area contributed by atoms with Crippen molar-refractivity contribution in [3.8, 4) is 5.75 Å². The zero-order chi connectivity index (χ0) is 33.3. The van der Waals surface area contributed by atoms with E-state index in [0.717, 1.165) is 26.6 Å². The first-order valence-electron chi connectivity index (χ1n) is 15.5. The quantitative estimate of drug-likeness (QED) is 0.181. The number of carbonyl (C=O) groups is 2. The fraction of sp³-hybridized carbons (Fsp3) is 0.297. The van der Waals surface area contributed by atoms with Crippen LogP contribution in [-0.2, 0) is 32.6 Å². The molecule has 0 spiro atoms. The Kier molecular flexibility index (Phi) is 11.6. The zero-order valence-corrected chi connectivity index (χ0v) is 28.0. The van der Waals surface area contributed by atoms with Gasteiger partial charge in [-0.15, -0.1) is 0 Å². The van der Waals surface area contributed by atoms with Crippen LogP contribution in [0.1, 0.15) is 43.0 Å². The number of amides is 2. The third-order valence-electron chi connectivity index (χ3n) is 7.50. The number of sulfonamides is 1. The topological polar surface area (TPSA) is 96.0 Å². The van der Waals surface area contributed by atoms with Crippen LogP contribution in [0.25, 0.3) is 0 Å². The summed E-state index contributed by atoms with van der Waals surface area (Å²) in [5.74, 6) is -0.238. The number of carbonyl (C=O) groups excluding carboxylic acids is 2. The van der Waals surface area contributed by atoms with E-state index in [-0.39, 0.29) is 29.8 Å². The predicted molar refractivity (Wildman–Crippen MR) is 182 cm³/mol. The summed E-state index contributed by atoms with van der Waals surface area (Å²) in [7, 11) is -4.18.